The smallest absolute Gasteiger partial charge is 0.188 e. The first-order valence-corrected chi connectivity index (χ1v) is 4.50. The molecule has 0 aliphatic carbocycles. The normalized spacial score (nSPS) is 10.1. The minimum atomic E-state index is 0.488. The zero-order valence-corrected chi connectivity index (χ0v) is 7.51. The third-order valence-electron chi connectivity index (χ3n) is 1.23. The van der Waals surface area contributed by atoms with E-state index in [4.69, 9.17) is 11.6 Å². The highest BCUT2D eigenvalue weighted by Crippen LogP contribution is 2.21. The number of hydrogen-bond acceptors (Lipinski definition) is 4. The lowest BCUT2D eigenvalue weighted by Gasteiger charge is -1.89. The Morgan fingerprint density at radius 2 is 2.00 bits per heavy atom. The van der Waals surface area contributed by atoms with Crippen molar-refractivity contribution in [2.24, 2.45) is 0 Å². The second-order valence-corrected chi connectivity index (χ2v) is 3.29. The highest BCUT2D eigenvalue weighted by Gasteiger charge is 2.03. The number of rotatable bonds is 1. The lowest BCUT2D eigenvalue weighted by atomic mass is 10.6. The maximum Gasteiger partial charge on any atom is 0.188 e. The molecule has 5 heteroatoms. The molecule has 0 bridgehead atoms. The van der Waals surface area contributed by atoms with Crippen LogP contribution in [0.25, 0.3) is 10.8 Å². The minimum absolute atomic E-state index is 0.488. The molecule has 0 aliphatic heterocycles. The van der Waals surface area contributed by atoms with Crippen LogP contribution in [0.1, 0.15) is 0 Å². The van der Waals surface area contributed by atoms with Crippen molar-refractivity contribution in [2.75, 3.05) is 0 Å². The third-order valence-corrected chi connectivity index (χ3v) is 2.39. The summed E-state index contributed by atoms with van der Waals surface area (Å²) < 4.78 is 0. The van der Waals surface area contributed by atoms with Gasteiger partial charge >= 0.3 is 0 Å². The Labute approximate surface area is 78.1 Å². The lowest BCUT2D eigenvalue weighted by molar-refractivity contribution is 1.16. The SMILES string of the molecule is Clc1csc(-c2ncccn2)n1. The van der Waals surface area contributed by atoms with Gasteiger partial charge in [-0.1, -0.05) is 11.6 Å². The molecule has 2 heterocycles. The summed E-state index contributed by atoms with van der Waals surface area (Å²) in [5.74, 6) is 0.620. The molecule has 0 spiro atoms. The van der Waals surface area contributed by atoms with Gasteiger partial charge in [0.1, 0.15) is 5.15 Å². The van der Waals surface area contributed by atoms with Crippen molar-refractivity contribution in [3.8, 4) is 10.8 Å². The van der Waals surface area contributed by atoms with Crippen molar-refractivity contribution in [3.05, 3.63) is 29.0 Å². The molecule has 0 aliphatic rings. The molecule has 0 radical (unpaired) electrons. The Morgan fingerprint density at radius 3 is 2.58 bits per heavy atom. The molecule has 0 amide bonds. The van der Waals surface area contributed by atoms with Gasteiger partial charge in [0.15, 0.2) is 10.8 Å². The van der Waals surface area contributed by atoms with Gasteiger partial charge in [0, 0.05) is 17.8 Å². The van der Waals surface area contributed by atoms with Crippen LogP contribution in [0.3, 0.4) is 0 Å². The van der Waals surface area contributed by atoms with Gasteiger partial charge in [-0.15, -0.1) is 11.3 Å². The van der Waals surface area contributed by atoms with Crippen molar-refractivity contribution < 1.29 is 0 Å². The Bertz CT molecular complexity index is 373. The van der Waals surface area contributed by atoms with E-state index in [0.29, 0.717) is 11.0 Å². The monoisotopic (exact) mass is 197 g/mol. The molecular formula is C7H4ClN3S. The average molecular weight is 198 g/mol. The van der Waals surface area contributed by atoms with E-state index in [1.54, 1.807) is 23.8 Å². The van der Waals surface area contributed by atoms with Gasteiger partial charge in [0.2, 0.25) is 0 Å². The van der Waals surface area contributed by atoms with Crippen LogP contribution in [0.15, 0.2) is 23.8 Å². The van der Waals surface area contributed by atoms with Crippen LogP contribution < -0.4 is 0 Å². The van der Waals surface area contributed by atoms with Gasteiger partial charge in [-0.05, 0) is 6.07 Å². The molecule has 2 aromatic heterocycles. The molecule has 60 valence electrons. The van der Waals surface area contributed by atoms with Gasteiger partial charge in [-0.3, -0.25) is 0 Å². The van der Waals surface area contributed by atoms with Gasteiger partial charge in [-0.2, -0.15) is 0 Å². The largest absolute Gasteiger partial charge is 0.234 e. The molecular weight excluding hydrogens is 194 g/mol. The number of hydrogen-bond donors (Lipinski definition) is 0. The van der Waals surface area contributed by atoms with E-state index in [0.717, 1.165) is 5.01 Å². The minimum Gasteiger partial charge on any atom is -0.234 e. The molecule has 0 saturated heterocycles. The highest BCUT2D eigenvalue weighted by atomic mass is 35.5. The molecule has 0 saturated carbocycles. The topological polar surface area (TPSA) is 38.7 Å². The van der Waals surface area contributed by atoms with Crippen LogP contribution in [0.4, 0.5) is 0 Å². The Balaban J connectivity index is 2.45. The molecule has 0 atom stereocenters. The Kier molecular flexibility index (Phi) is 2.01. The Hall–Kier alpha value is -1.00. The van der Waals surface area contributed by atoms with Gasteiger partial charge in [-0.25, -0.2) is 15.0 Å². The summed E-state index contributed by atoms with van der Waals surface area (Å²) in [6.07, 6.45) is 3.36. The molecule has 2 aromatic rings. The molecule has 2 rings (SSSR count). The molecule has 0 fully saturated rings. The van der Waals surface area contributed by atoms with Crippen molar-refractivity contribution >= 4 is 22.9 Å². The number of aromatic nitrogens is 3. The fourth-order valence-electron chi connectivity index (χ4n) is 0.766. The summed E-state index contributed by atoms with van der Waals surface area (Å²) in [6, 6.07) is 1.76. The predicted octanol–water partition coefficient (Wildman–Crippen LogP) is 2.25. The van der Waals surface area contributed by atoms with Crippen molar-refractivity contribution in [1.82, 2.24) is 15.0 Å². The van der Waals surface area contributed by atoms with Gasteiger partial charge < -0.3 is 0 Å². The molecule has 12 heavy (non-hydrogen) atoms. The first kappa shape index (κ1) is 7.64. The molecule has 0 N–H and O–H groups in total. The maximum absolute atomic E-state index is 5.65. The quantitative estimate of drug-likeness (QED) is 0.704. The van der Waals surface area contributed by atoms with Crippen molar-refractivity contribution in [2.45, 2.75) is 0 Å². The summed E-state index contributed by atoms with van der Waals surface area (Å²) in [5.41, 5.74) is 0. The van der Waals surface area contributed by atoms with E-state index in [-0.39, 0.29) is 0 Å². The van der Waals surface area contributed by atoms with Crippen LogP contribution in [0.2, 0.25) is 5.15 Å². The zero-order valence-electron chi connectivity index (χ0n) is 5.94. The van der Waals surface area contributed by atoms with E-state index >= 15 is 0 Å². The van der Waals surface area contributed by atoms with E-state index in [1.807, 2.05) is 0 Å². The van der Waals surface area contributed by atoms with E-state index in [2.05, 4.69) is 15.0 Å². The number of halogens is 1. The van der Waals surface area contributed by atoms with Gasteiger partial charge in [0.25, 0.3) is 0 Å². The van der Waals surface area contributed by atoms with E-state index < -0.39 is 0 Å². The van der Waals surface area contributed by atoms with Gasteiger partial charge in [0.05, 0.1) is 0 Å². The third kappa shape index (κ3) is 1.44. The Morgan fingerprint density at radius 1 is 1.25 bits per heavy atom. The first-order valence-electron chi connectivity index (χ1n) is 3.24. The number of nitrogens with zero attached hydrogens (tertiary/aromatic N) is 3. The molecule has 0 aromatic carbocycles. The van der Waals surface area contributed by atoms with Crippen LogP contribution in [-0.4, -0.2) is 15.0 Å². The second-order valence-electron chi connectivity index (χ2n) is 2.05. The fourth-order valence-corrected chi connectivity index (χ4v) is 1.66. The lowest BCUT2D eigenvalue weighted by Crippen LogP contribution is -1.84. The van der Waals surface area contributed by atoms with Crippen molar-refractivity contribution in [1.29, 1.82) is 0 Å². The summed E-state index contributed by atoms with van der Waals surface area (Å²) in [7, 11) is 0. The average Bonchev–Trinajstić information content (AvgIpc) is 2.54. The van der Waals surface area contributed by atoms with Crippen LogP contribution in [-0.2, 0) is 0 Å². The predicted molar refractivity (Wildman–Crippen MR) is 48.2 cm³/mol. The van der Waals surface area contributed by atoms with E-state index in [1.165, 1.54) is 11.3 Å². The summed E-state index contributed by atoms with van der Waals surface area (Å²) in [4.78, 5) is 12.1. The van der Waals surface area contributed by atoms with Crippen molar-refractivity contribution in [3.63, 3.8) is 0 Å². The zero-order chi connectivity index (χ0) is 8.39. The van der Waals surface area contributed by atoms with E-state index in [9.17, 15) is 0 Å². The second kappa shape index (κ2) is 3.16. The summed E-state index contributed by atoms with van der Waals surface area (Å²) in [5, 5.41) is 3.00. The van der Waals surface area contributed by atoms with Crippen LogP contribution in [0, 0.1) is 0 Å². The molecule has 3 nitrogen and oxygen atoms in total. The van der Waals surface area contributed by atoms with Crippen LogP contribution in [0.5, 0.6) is 0 Å². The standard InChI is InChI=1S/C7H4ClN3S/c8-5-4-12-7(11-5)6-9-2-1-3-10-6/h1-4H. The number of thiazole rings is 1. The maximum atomic E-state index is 5.65. The fraction of sp³-hybridized carbons (Fsp3) is 0. The summed E-state index contributed by atoms with van der Waals surface area (Å²) >= 11 is 7.09. The summed E-state index contributed by atoms with van der Waals surface area (Å²) in [6.45, 7) is 0. The highest BCUT2D eigenvalue weighted by molar-refractivity contribution is 7.13. The van der Waals surface area contributed by atoms with Crippen LogP contribution >= 0.6 is 22.9 Å². The first-order chi connectivity index (χ1) is 5.86. The molecule has 0 unspecified atom stereocenters.